The third kappa shape index (κ3) is 3.00. The van der Waals surface area contributed by atoms with E-state index in [0.29, 0.717) is 0 Å². The van der Waals surface area contributed by atoms with Crippen LogP contribution in [-0.4, -0.2) is 6.66 Å². The van der Waals surface area contributed by atoms with E-state index >= 15 is 0 Å². The first-order valence-electron chi connectivity index (χ1n) is 6.41. The van der Waals surface area contributed by atoms with Gasteiger partial charge in [-0.25, -0.2) is 0 Å². The number of rotatable bonds is 3. The van der Waals surface area contributed by atoms with Gasteiger partial charge in [-0.05, 0) is 55.6 Å². The van der Waals surface area contributed by atoms with E-state index in [9.17, 15) is 0 Å². The summed E-state index contributed by atoms with van der Waals surface area (Å²) in [7, 11) is -0.0940. The van der Waals surface area contributed by atoms with Crippen LogP contribution >= 0.6 is 7.92 Å². The lowest BCUT2D eigenvalue weighted by Gasteiger charge is -2.17. The van der Waals surface area contributed by atoms with Crippen LogP contribution in [0, 0.1) is 20.8 Å². The topological polar surface area (TPSA) is 0 Å². The van der Waals surface area contributed by atoms with E-state index in [1.54, 1.807) is 0 Å². The molecule has 2 aromatic rings. The van der Waals surface area contributed by atoms with Crippen LogP contribution in [0.5, 0.6) is 0 Å². The molecule has 1 unspecified atom stereocenters. The van der Waals surface area contributed by atoms with Crippen molar-refractivity contribution in [2.75, 3.05) is 6.66 Å². The Hall–Kier alpha value is -1.13. The van der Waals surface area contributed by atoms with Crippen molar-refractivity contribution in [3.8, 4) is 0 Å². The van der Waals surface area contributed by atoms with Crippen molar-refractivity contribution in [1.82, 2.24) is 0 Å². The molecule has 0 heterocycles. The van der Waals surface area contributed by atoms with E-state index in [1.165, 1.54) is 33.7 Å². The van der Waals surface area contributed by atoms with Crippen LogP contribution in [0.3, 0.4) is 0 Å². The Bertz CT molecular complexity index is 506. The summed E-state index contributed by atoms with van der Waals surface area (Å²) in [6, 6.07) is 15.5. The number of hydrogen-bond acceptors (Lipinski definition) is 0. The molecule has 1 atom stereocenters. The molecule has 0 fully saturated rings. The van der Waals surface area contributed by atoms with E-state index in [0.717, 1.165) is 0 Å². The van der Waals surface area contributed by atoms with E-state index in [2.05, 4.69) is 69.9 Å². The number of aryl methyl sites for hydroxylation is 3. The molecule has 0 spiro atoms. The molecule has 0 aromatic heterocycles. The maximum absolute atomic E-state index is 2.38. The molecule has 0 aliphatic heterocycles. The maximum atomic E-state index is 2.38. The van der Waals surface area contributed by atoms with E-state index < -0.39 is 0 Å². The van der Waals surface area contributed by atoms with Crippen LogP contribution in [0.1, 0.15) is 22.3 Å². The molecular formula is C17H21P. The maximum Gasteiger partial charge on any atom is -0.00300 e. The summed E-state index contributed by atoms with van der Waals surface area (Å²) in [4.78, 5) is 0. The Labute approximate surface area is 112 Å². The fraction of sp³-hybridized carbons (Fsp3) is 0.294. The lowest BCUT2D eigenvalue weighted by molar-refractivity contribution is 1.21. The van der Waals surface area contributed by atoms with E-state index in [4.69, 9.17) is 0 Å². The third-order valence-electron chi connectivity index (χ3n) is 3.43. The molecule has 0 N–H and O–H groups in total. The Balaban J connectivity index is 2.25. The van der Waals surface area contributed by atoms with Crippen molar-refractivity contribution in [3.05, 3.63) is 64.7 Å². The molecule has 0 saturated heterocycles. The summed E-state index contributed by atoms with van der Waals surface area (Å²) >= 11 is 0. The second-order valence-electron chi connectivity index (χ2n) is 5.07. The lowest BCUT2D eigenvalue weighted by atomic mass is 10.0. The average Bonchev–Trinajstić information content (AvgIpc) is 2.34. The normalized spacial score (nSPS) is 12.4. The molecule has 1 heteroatoms. The molecule has 0 aliphatic rings. The van der Waals surface area contributed by atoms with Gasteiger partial charge < -0.3 is 0 Å². The summed E-state index contributed by atoms with van der Waals surface area (Å²) in [5, 5.41) is 1.49. The van der Waals surface area contributed by atoms with Gasteiger partial charge in [-0.3, -0.25) is 0 Å². The molecule has 94 valence electrons. The highest BCUT2D eigenvalue weighted by Crippen LogP contribution is 2.36. The SMILES string of the molecule is Cc1cc(C)c(CP(C)c2ccccc2)c(C)c1. The summed E-state index contributed by atoms with van der Waals surface area (Å²) < 4.78 is 0. The molecule has 0 aliphatic carbocycles. The van der Waals surface area contributed by atoms with Gasteiger partial charge in [0.15, 0.2) is 0 Å². The highest BCUT2D eigenvalue weighted by Gasteiger charge is 2.10. The first kappa shape index (κ1) is 13.3. The largest absolute Gasteiger partial charge is 0.0740 e. The first-order chi connectivity index (χ1) is 8.58. The molecular weight excluding hydrogens is 235 g/mol. The van der Waals surface area contributed by atoms with Crippen molar-refractivity contribution < 1.29 is 0 Å². The molecule has 0 amide bonds. The standard InChI is InChI=1S/C17H21P/c1-13-10-14(2)17(15(3)11-13)12-18(4)16-8-6-5-7-9-16/h5-11H,12H2,1-4H3. The lowest BCUT2D eigenvalue weighted by Crippen LogP contribution is -2.03. The Morgan fingerprint density at radius 1 is 0.889 bits per heavy atom. The number of benzene rings is 2. The van der Waals surface area contributed by atoms with Crippen LogP contribution in [-0.2, 0) is 6.16 Å². The third-order valence-corrected chi connectivity index (χ3v) is 5.40. The van der Waals surface area contributed by atoms with Crippen LogP contribution in [0.4, 0.5) is 0 Å². The van der Waals surface area contributed by atoms with Crippen molar-refractivity contribution in [3.63, 3.8) is 0 Å². The van der Waals surface area contributed by atoms with Crippen molar-refractivity contribution in [1.29, 1.82) is 0 Å². The molecule has 0 nitrogen and oxygen atoms in total. The van der Waals surface area contributed by atoms with Gasteiger partial charge in [0, 0.05) is 0 Å². The second kappa shape index (κ2) is 5.67. The summed E-state index contributed by atoms with van der Waals surface area (Å²) in [6.07, 6.45) is 1.19. The Morgan fingerprint density at radius 2 is 1.44 bits per heavy atom. The number of hydrogen-bond donors (Lipinski definition) is 0. The van der Waals surface area contributed by atoms with E-state index in [-0.39, 0.29) is 7.92 Å². The van der Waals surface area contributed by atoms with Crippen molar-refractivity contribution >= 4 is 13.2 Å². The van der Waals surface area contributed by atoms with Crippen LogP contribution < -0.4 is 5.30 Å². The second-order valence-corrected chi connectivity index (χ2v) is 7.30. The van der Waals surface area contributed by atoms with Crippen LogP contribution in [0.25, 0.3) is 0 Å². The smallest absolute Gasteiger partial charge is 0.00300 e. The minimum atomic E-state index is -0.0940. The van der Waals surface area contributed by atoms with Gasteiger partial charge in [-0.1, -0.05) is 55.9 Å². The monoisotopic (exact) mass is 256 g/mol. The fourth-order valence-corrected chi connectivity index (χ4v) is 4.31. The Morgan fingerprint density at radius 3 is 2.00 bits per heavy atom. The minimum absolute atomic E-state index is 0.0940. The van der Waals surface area contributed by atoms with Crippen LogP contribution in [0.2, 0.25) is 0 Å². The molecule has 2 rings (SSSR count). The van der Waals surface area contributed by atoms with E-state index in [1.807, 2.05) is 0 Å². The van der Waals surface area contributed by atoms with Gasteiger partial charge in [-0.15, -0.1) is 0 Å². The van der Waals surface area contributed by atoms with Gasteiger partial charge in [0.25, 0.3) is 0 Å². The predicted octanol–water partition coefficient (Wildman–Crippen LogP) is 4.55. The highest BCUT2D eigenvalue weighted by atomic mass is 31.1. The first-order valence-corrected chi connectivity index (χ1v) is 8.38. The van der Waals surface area contributed by atoms with Crippen LogP contribution in [0.15, 0.2) is 42.5 Å². The van der Waals surface area contributed by atoms with Gasteiger partial charge in [0.05, 0.1) is 0 Å². The molecule has 2 aromatic carbocycles. The summed E-state index contributed by atoms with van der Waals surface area (Å²) in [6.45, 7) is 9.03. The zero-order valence-corrected chi connectivity index (χ0v) is 12.6. The average molecular weight is 256 g/mol. The fourth-order valence-electron chi connectivity index (χ4n) is 2.47. The van der Waals surface area contributed by atoms with Gasteiger partial charge in [0.1, 0.15) is 0 Å². The zero-order chi connectivity index (χ0) is 13.1. The van der Waals surface area contributed by atoms with Gasteiger partial charge >= 0.3 is 0 Å². The van der Waals surface area contributed by atoms with Gasteiger partial charge in [-0.2, -0.15) is 0 Å². The highest BCUT2D eigenvalue weighted by molar-refractivity contribution is 7.64. The predicted molar refractivity (Wildman–Crippen MR) is 83.3 cm³/mol. The van der Waals surface area contributed by atoms with Gasteiger partial charge in [0.2, 0.25) is 0 Å². The molecule has 0 radical (unpaired) electrons. The minimum Gasteiger partial charge on any atom is -0.0740 e. The zero-order valence-electron chi connectivity index (χ0n) is 11.7. The summed E-state index contributed by atoms with van der Waals surface area (Å²) in [5.74, 6) is 0. The van der Waals surface area contributed by atoms with Crippen molar-refractivity contribution in [2.24, 2.45) is 0 Å². The summed E-state index contributed by atoms with van der Waals surface area (Å²) in [5.41, 5.74) is 5.79. The molecule has 0 saturated carbocycles. The quantitative estimate of drug-likeness (QED) is 0.707. The Kier molecular flexibility index (Phi) is 4.19. The van der Waals surface area contributed by atoms with Crippen molar-refractivity contribution in [2.45, 2.75) is 26.9 Å². The molecule has 0 bridgehead atoms. The molecule has 18 heavy (non-hydrogen) atoms.